The Morgan fingerprint density at radius 3 is 2.71 bits per heavy atom. The smallest absolute Gasteiger partial charge is 0.326 e. The minimum absolute atomic E-state index is 0.0905. The molecule has 0 saturated heterocycles. The van der Waals surface area contributed by atoms with Crippen molar-refractivity contribution in [1.29, 1.82) is 0 Å². The summed E-state index contributed by atoms with van der Waals surface area (Å²) in [6, 6.07) is 3.99. The molecule has 0 fully saturated rings. The van der Waals surface area contributed by atoms with Crippen LogP contribution in [0.3, 0.4) is 0 Å². The van der Waals surface area contributed by atoms with Gasteiger partial charge in [-0.2, -0.15) is 0 Å². The molecule has 7 nitrogen and oxygen atoms in total. The Bertz CT molecular complexity index is 805. The normalized spacial score (nSPS) is 11.9. The summed E-state index contributed by atoms with van der Waals surface area (Å²) in [5.41, 5.74) is 5.01. The first-order valence-corrected chi connectivity index (χ1v) is 8.11. The number of carboxylic acids is 1. The lowest BCUT2D eigenvalue weighted by molar-refractivity contribution is -0.139. The number of ether oxygens (including phenoxy) is 1. The van der Waals surface area contributed by atoms with Gasteiger partial charge in [-0.25, -0.2) is 4.79 Å². The Labute approximate surface area is 146 Å². The molecule has 0 aliphatic carbocycles. The number of rotatable bonds is 7. The molecule has 9 heteroatoms. The van der Waals surface area contributed by atoms with Crippen LogP contribution in [0, 0.1) is 0 Å². The number of methoxy groups -OCH3 is 1. The number of primary amides is 1. The molecule has 2 amide bonds. The van der Waals surface area contributed by atoms with Crippen molar-refractivity contribution in [1.82, 2.24) is 5.32 Å². The predicted molar refractivity (Wildman–Crippen MR) is 90.7 cm³/mol. The molecule has 2 rings (SSSR count). The van der Waals surface area contributed by atoms with Crippen LogP contribution in [0.15, 0.2) is 18.2 Å². The number of aliphatic carboxylic acids is 1. The van der Waals surface area contributed by atoms with Crippen LogP contribution in [0.2, 0.25) is 5.02 Å². The second-order valence-electron chi connectivity index (χ2n) is 4.98. The average molecular weight is 371 g/mol. The molecule has 2 aromatic rings. The van der Waals surface area contributed by atoms with Gasteiger partial charge in [-0.1, -0.05) is 11.6 Å². The zero-order valence-corrected chi connectivity index (χ0v) is 14.2. The number of nitrogens with two attached hydrogens (primary N) is 1. The van der Waals surface area contributed by atoms with E-state index in [4.69, 9.17) is 27.2 Å². The third-order valence-electron chi connectivity index (χ3n) is 3.32. The summed E-state index contributed by atoms with van der Waals surface area (Å²) in [4.78, 5) is 34.6. The molecule has 1 aromatic heterocycles. The van der Waals surface area contributed by atoms with Crippen molar-refractivity contribution < 1.29 is 24.2 Å². The number of carbonyl (C=O) groups is 3. The maximum atomic E-state index is 12.4. The lowest BCUT2D eigenvalue weighted by Crippen LogP contribution is -2.41. The van der Waals surface area contributed by atoms with Gasteiger partial charge in [0, 0.05) is 16.5 Å². The summed E-state index contributed by atoms with van der Waals surface area (Å²) in [6.07, 6.45) is -0.235. The third-order valence-corrected chi connectivity index (χ3v) is 5.00. The van der Waals surface area contributed by atoms with Gasteiger partial charge in [0.05, 0.1) is 12.1 Å². The van der Waals surface area contributed by atoms with Gasteiger partial charge in [0.25, 0.3) is 5.91 Å². The number of halogens is 1. The number of benzene rings is 1. The zero-order valence-electron chi connectivity index (χ0n) is 12.7. The highest BCUT2D eigenvalue weighted by molar-refractivity contribution is 7.21. The first kappa shape index (κ1) is 18.0. The predicted octanol–water partition coefficient (Wildman–Crippen LogP) is 2.01. The van der Waals surface area contributed by atoms with Crippen LogP contribution in [0.5, 0.6) is 5.75 Å². The fourth-order valence-corrected chi connectivity index (χ4v) is 3.48. The summed E-state index contributed by atoms with van der Waals surface area (Å²) >= 11 is 7.39. The standard InChI is InChI=1S/C15H15ClN2O5S/c1-23-7-2-4-10-8(6-7)12(16)13(24-10)14(20)18-9(15(21)22)3-5-11(17)19/h2,4,6,9H,3,5H2,1H3,(H2,17,19)(H,18,20)(H,21,22). The maximum absolute atomic E-state index is 12.4. The number of hydrogen-bond donors (Lipinski definition) is 3. The second kappa shape index (κ2) is 7.50. The minimum atomic E-state index is -1.25. The monoisotopic (exact) mass is 370 g/mol. The Balaban J connectivity index is 2.25. The second-order valence-corrected chi connectivity index (χ2v) is 6.41. The SMILES string of the molecule is COc1ccc2sc(C(=O)NC(CCC(N)=O)C(=O)O)c(Cl)c2c1. The molecule has 0 aliphatic heterocycles. The van der Waals surface area contributed by atoms with Crippen LogP contribution in [-0.4, -0.2) is 36.0 Å². The minimum Gasteiger partial charge on any atom is -0.497 e. The molecule has 1 aromatic carbocycles. The van der Waals surface area contributed by atoms with Crippen LogP contribution in [0.25, 0.3) is 10.1 Å². The summed E-state index contributed by atoms with van der Waals surface area (Å²) in [5.74, 6) is -1.90. The summed E-state index contributed by atoms with van der Waals surface area (Å²) in [5, 5.41) is 12.4. The number of amides is 2. The fraction of sp³-hybridized carbons (Fsp3) is 0.267. The Hall–Kier alpha value is -2.32. The van der Waals surface area contributed by atoms with E-state index < -0.39 is 23.8 Å². The van der Waals surface area contributed by atoms with Crippen LogP contribution in [0.1, 0.15) is 22.5 Å². The molecule has 1 unspecified atom stereocenters. The summed E-state index contributed by atoms with van der Waals surface area (Å²) in [7, 11) is 1.52. The van der Waals surface area contributed by atoms with E-state index in [1.165, 1.54) is 7.11 Å². The maximum Gasteiger partial charge on any atom is 0.326 e. The summed E-state index contributed by atoms with van der Waals surface area (Å²) in [6.45, 7) is 0. The molecule has 4 N–H and O–H groups in total. The zero-order chi connectivity index (χ0) is 17.9. The average Bonchev–Trinajstić information content (AvgIpc) is 2.87. The molecule has 0 bridgehead atoms. The molecule has 1 atom stereocenters. The lowest BCUT2D eigenvalue weighted by Gasteiger charge is -2.13. The van der Waals surface area contributed by atoms with Gasteiger partial charge in [0.15, 0.2) is 0 Å². The van der Waals surface area contributed by atoms with Crippen LogP contribution in [-0.2, 0) is 9.59 Å². The van der Waals surface area contributed by atoms with Gasteiger partial charge in [-0.05, 0) is 24.6 Å². The van der Waals surface area contributed by atoms with Crippen molar-refractivity contribution in [3.05, 3.63) is 28.1 Å². The van der Waals surface area contributed by atoms with Gasteiger partial charge >= 0.3 is 5.97 Å². The first-order valence-electron chi connectivity index (χ1n) is 6.91. The first-order chi connectivity index (χ1) is 11.3. The van der Waals surface area contributed by atoms with Crippen LogP contribution >= 0.6 is 22.9 Å². The van der Waals surface area contributed by atoms with Crippen LogP contribution < -0.4 is 15.8 Å². The van der Waals surface area contributed by atoms with E-state index >= 15 is 0 Å². The molecule has 0 radical (unpaired) electrons. The number of thiophene rings is 1. The molecule has 0 saturated carbocycles. The number of nitrogens with one attached hydrogen (secondary N) is 1. The Morgan fingerprint density at radius 1 is 1.42 bits per heavy atom. The van der Waals surface area contributed by atoms with E-state index in [0.717, 1.165) is 16.0 Å². The number of carboxylic acid groups (broad SMARTS) is 1. The van der Waals surface area contributed by atoms with Crippen molar-refractivity contribution in [3.8, 4) is 5.75 Å². The van der Waals surface area contributed by atoms with E-state index in [1.54, 1.807) is 18.2 Å². The van der Waals surface area contributed by atoms with Gasteiger partial charge in [-0.3, -0.25) is 9.59 Å². The number of carbonyl (C=O) groups excluding carboxylic acids is 2. The van der Waals surface area contributed by atoms with Gasteiger partial charge in [0.1, 0.15) is 16.7 Å². The number of fused-ring (bicyclic) bond motifs is 1. The Morgan fingerprint density at radius 2 is 2.12 bits per heavy atom. The van der Waals surface area contributed by atoms with Gasteiger partial charge in [-0.15, -0.1) is 11.3 Å². The van der Waals surface area contributed by atoms with Crippen molar-refractivity contribution in [3.63, 3.8) is 0 Å². The van der Waals surface area contributed by atoms with Crippen LogP contribution in [0.4, 0.5) is 0 Å². The number of hydrogen-bond acceptors (Lipinski definition) is 5. The van der Waals surface area contributed by atoms with Crippen molar-refractivity contribution in [2.24, 2.45) is 5.73 Å². The van der Waals surface area contributed by atoms with E-state index in [9.17, 15) is 14.4 Å². The molecular formula is C15H15ClN2O5S. The molecule has 0 spiro atoms. The van der Waals surface area contributed by atoms with Crippen molar-refractivity contribution in [2.75, 3.05) is 7.11 Å². The van der Waals surface area contributed by atoms with E-state index in [-0.39, 0.29) is 22.7 Å². The highest BCUT2D eigenvalue weighted by Crippen LogP contribution is 2.37. The Kier molecular flexibility index (Phi) is 5.63. The highest BCUT2D eigenvalue weighted by Gasteiger charge is 2.24. The van der Waals surface area contributed by atoms with Crippen molar-refractivity contribution in [2.45, 2.75) is 18.9 Å². The van der Waals surface area contributed by atoms with Gasteiger partial charge < -0.3 is 20.9 Å². The summed E-state index contributed by atoms with van der Waals surface area (Å²) < 4.78 is 5.89. The third kappa shape index (κ3) is 3.95. The fourth-order valence-electron chi connectivity index (χ4n) is 2.09. The van der Waals surface area contributed by atoms with Gasteiger partial charge in [0.2, 0.25) is 5.91 Å². The quantitative estimate of drug-likeness (QED) is 0.688. The highest BCUT2D eigenvalue weighted by atomic mass is 35.5. The molecular weight excluding hydrogens is 356 g/mol. The topological polar surface area (TPSA) is 119 Å². The van der Waals surface area contributed by atoms with E-state index in [2.05, 4.69) is 5.32 Å². The van der Waals surface area contributed by atoms with Crippen molar-refractivity contribution >= 4 is 50.8 Å². The lowest BCUT2D eigenvalue weighted by atomic mass is 10.1. The molecule has 128 valence electrons. The van der Waals surface area contributed by atoms with E-state index in [0.29, 0.717) is 11.1 Å². The van der Waals surface area contributed by atoms with E-state index in [1.807, 2.05) is 0 Å². The largest absolute Gasteiger partial charge is 0.497 e. The molecule has 24 heavy (non-hydrogen) atoms. The molecule has 0 aliphatic rings. The molecule has 1 heterocycles.